The summed E-state index contributed by atoms with van der Waals surface area (Å²) in [7, 11) is 0. The van der Waals surface area contributed by atoms with Crippen LogP contribution in [0.25, 0.3) is 0 Å². The molecule has 0 aliphatic heterocycles. The Labute approximate surface area is 108 Å². The highest BCUT2D eigenvalue weighted by molar-refractivity contribution is 9.09. The highest BCUT2D eigenvalue weighted by Crippen LogP contribution is 2.36. The number of alkyl halides is 3. The van der Waals surface area contributed by atoms with Crippen molar-refractivity contribution in [2.75, 3.05) is 25.1 Å². The van der Waals surface area contributed by atoms with Crippen LogP contribution < -0.4 is 5.32 Å². The van der Waals surface area contributed by atoms with Gasteiger partial charge in [0.15, 0.2) is 0 Å². The largest absolute Gasteiger partial charge is 0.379 e. The van der Waals surface area contributed by atoms with E-state index in [1.807, 2.05) is 0 Å². The van der Waals surface area contributed by atoms with E-state index in [2.05, 4.69) is 21.2 Å². The molecule has 0 atom stereocenters. The lowest BCUT2D eigenvalue weighted by atomic mass is 9.86. The first-order valence-corrected chi connectivity index (χ1v) is 6.96. The predicted octanol–water partition coefficient (Wildman–Crippen LogP) is 2.34. The third kappa shape index (κ3) is 5.77. The fraction of sp³-hybridized carbons (Fsp3) is 0.909. The number of amides is 1. The van der Waals surface area contributed by atoms with Gasteiger partial charge in [-0.15, -0.1) is 0 Å². The summed E-state index contributed by atoms with van der Waals surface area (Å²) in [6.07, 6.45) is 0.207. The molecular formula is C11H18BrF2NO2. The first-order chi connectivity index (χ1) is 8.05. The van der Waals surface area contributed by atoms with E-state index in [0.29, 0.717) is 19.8 Å². The van der Waals surface area contributed by atoms with E-state index in [-0.39, 0.29) is 37.5 Å². The Balaban J connectivity index is 2.12. The summed E-state index contributed by atoms with van der Waals surface area (Å²) in [6, 6.07) is 0. The lowest BCUT2D eigenvalue weighted by Crippen LogP contribution is -2.37. The van der Waals surface area contributed by atoms with Crippen LogP contribution in [-0.4, -0.2) is 36.9 Å². The van der Waals surface area contributed by atoms with E-state index >= 15 is 0 Å². The van der Waals surface area contributed by atoms with Crippen LogP contribution in [-0.2, 0) is 9.53 Å². The summed E-state index contributed by atoms with van der Waals surface area (Å²) in [5, 5.41) is 3.48. The van der Waals surface area contributed by atoms with Gasteiger partial charge < -0.3 is 10.1 Å². The average molecular weight is 314 g/mol. The minimum Gasteiger partial charge on any atom is -0.379 e. The van der Waals surface area contributed by atoms with Gasteiger partial charge in [0.05, 0.1) is 13.2 Å². The molecule has 0 heterocycles. The van der Waals surface area contributed by atoms with Gasteiger partial charge in [-0.05, 0) is 12.8 Å². The van der Waals surface area contributed by atoms with Gasteiger partial charge in [-0.1, -0.05) is 15.9 Å². The van der Waals surface area contributed by atoms with Crippen LogP contribution in [0.4, 0.5) is 8.78 Å². The number of ether oxygens (including phenoxy) is 1. The molecule has 1 aliphatic rings. The molecule has 0 unspecified atom stereocenters. The van der Waals surface area contributed by atoms with Gasteiger partial charge in [0.25, 0.3) is 0 Å². The number of carbonyl (C=O) groups excluding carboxylic acids is 1. The van der Waals surface area contributed by atoms with E-state index in [4.69, 9.17) is 4.74 Å². The molecule has 0 aromatic carbocycles. The lowest BCUT2D eigenvalue weighted by Gasteiger charge is -2.27. The molecule has 6 heteroatoms. The monoisotopic (exact) mass is 313 g/mol. The highest BCUT2D eigenvalue weighted by Gasteiger charge is 2.37. The average Bonchev–Trinajstić information content (AvgIpc) is 2.28. The molecular weight excluding hydrogens is 296 g/mol. The molecule has 17 heavy (non-hydrogen) atoms. The molecule has 0 spiro atoms. The predicted molar refractivity (Wildman–Crippen MR) is 64.5 cm³/mol. The smallest absolute Gasteiger partial charge is 0.248 e. The van der Waals surface area contributed by atoms with Crippen molar-refractivity contribution in [2.24, 2.45) is 5.92 Å². The maximum absolute atomic E-state index is 12.9. The van der Waals surface area contributed by atoms with Gasteiger partial charge in [-0.25, -0.2) is 8.78 Å². The molecule has 0 bridgehead atoms. The van der Waals surface area contributed by atoms with Crippen molar-refractivity contribution in [3.05, 3.63) is 0 Å². The molecule has 0 saturated heterocycles. The molecule has 1 saturated carbocycles. The first kappa shape index (κ1) is 14.8. The van der Waals surface area contributed by atoms with E-state index < -0.39 is 5.92 Å². The molecule has 0 aromatic rings. The third-order valence-corrected chi connectivity index (χ3v) is 3.18. The van der Waals surface area contributed by atoms with Crippen molar-refractivity contribution >= 4 is 21.8 Å². The van der Waals surface area contributed by atoms with Crippen molar-refractivity contribution in [3.8, 4) is 0 Å². The van der Waals surface area contributed by atoms with Gasteiger partial charge in [-0.3, -0.25) is 4.79 Å². The molecule has 1 amide bonds. The quantitative estimate of drug-likeness (QED) is 0.604. The second kappa shape index (κ2) is 7.26. The van der Waals surface area contributed by atoms with Crippen LogP contribution in [0.2, 0.25) is 0 Å². The van der Waals surface area contributed by atoms with E-state index in [1.165, 1.54) is 0 Å². The van der Waals surface area contributed by atoms with Crippen LogP contribution >= 0.6 is 15.9 Å². The molecule has 0 radical (unpaired) electrons. The first-order valence-electron chi connectivity index (χ1n) is 5.84. The Morgan fingerprint density at radius 3 is 2.59 bits per heavy atom. The molecule has 1 N–H and O–H groups in total. The van der Waals surface area contributed by atoms with Crippen LogP contribution in [0.5, 0.6) is 0 Å². The van der Waals surface area contributed by atoms with Gasteiger partial charge in [0.2, 0.25) is 11.8 Å². The number of hydrogen-bond donors (Lipinski definition) is 1. The fourth-order valence-corrected chi connectivity index (χ4v) is 2.08. The molecule has 3 nitrogen and oxygen atoms in total. The van der Waals surface area contributed by atoms with Crippen LogP contribution in [0.15, 0.2) is 0 Å². The number of nitrogens with one attached hydrogen (secondary N) is 1. The van der Waals surface area contributed by atoms with Gasteiger partial charge in [0.1, 0.15) is 0 Å². The van der Waals surface area contributed by atoms with Crippen molar-refractivity contribution < 1.29 is 18.3 Å². The van der Waals surface area contributed by atoms with Crippen LogP contribution in [0, 0.1) is 5.92 Å². The maximum Gasteiger partial charge on any atom is 0.248 e. The maximum atomic E-state index is 12.9. The summed E-state index contributed by atoms with van der Waals surface area (Å²) < 4.78 is 30.9. The Morgan fingerprint density at radius 1 is 1.35 bits per heavy atom. The number of halogens is 3. The molecule has 1 rings (SSSR count). The number of carbonyl (C=O) groups is 1. The second-order valence-corrected chi connectivity index (χ2v) is 5.02. The second-order valence-electron chi connectivity index (χ2n) is 4.22. The van der Waals surface area contributed by atoms with Crippen molar-refractivity contribution in [2.45, 2.75) is 31.6 Å². The van der Waals surface area contributed by atoms with Gasteiger partial charge in [-0.2, -0.15) is 0 Å². The van der Waals surface area contributed by atoms with Crippen molar-refractivity contribution in [1.82, 2.24) is 5.32 Å². The Kier molecular flexibility index (Phi) is 6.33. The number of rotatable bonds is 6. The van der Waals surface area contributed by atoms with Crippen LogP contribution in [0.3, 0.4) is 0 Å². The minimum atomic E-state index is -2.57. The summed E-state index contributed by atoms with van der Waals surface area (Å²) in [4.78, 5) is 11.6. The van der Waals surface area contributed by atoms with Crippen molar-refractivity contribution in [1.29, 1.82) is 0 Å². The topological polar surface area (TPSA) is 38.3 Å². The third-order valence-electron chi connectivity index (χ3n) is 2.86. The normalized spacial score (nSPS) is 20.2. The standard InChI is InChI=1S/C11H18BrF2NO2/c12-5-7-17-8-6-15-10(16)9-1-3-11(13,14)4-2-9/h9H,1-8H2,(H,15,16). The van der Waals surface area contributed by atoms with E-state index in [9.17, 15) is 13.6 Å². The zero-order chi connectivity index (χ0) is 12.7. The summed E-state index contributed by atoms with van der Waals surface area (Å²) in [5.41, 5.74) is 0. The fourth-order valence-electron chi connectivity index (χ4n) is 1.85. The summed E-state index contributed by atoms with van der Waals surface area (Å²) in [6.45, 7) is 1.50. The SMILES string of the molecule is O=C(NCCOCCBr)C1CCC(F)(F)CC1. The van der Waals surface area contributed by atoms with Crippen molar-refractivity contribution in [3.63, 3.8) is 0 Å². The Morgan fingerprint density at radius 2 is 2.00 bits per heavy atom. The molecule has 1 fully saturated rings. The highest BCUT2D eigenvalue weighted by atomic mass is 79.9. The van der Waals surface area contributed by atoms with E-state index in [1.54, 1.807) is 0 Å². The Hall–Kier alpha value is -0.230. The zero-order valence-corrected chi connectivity index (χ0v) is 11.3. The molecule has 1 aliphatic carbocycles. The summed E-state index contributed by atoms with van der Waals surface area (Å²) >= 11 is 3.22. The van der Waals surface area contributed by atoms with Crippen LogP contribution in [0.1, 0.15) is 25.7 Å². The van der Waals surface area contributed by atoms with E-state index in [0.717, 1.165) is 5.33 Å². The molecule has 100 valence electrons. The lowest BCUT2D eigenvalue weighted by molar-refractivity contribution is -0.129. The summed E-state index contributed by atoms with van der Waals surface area (Å²) in [5.74, 6) is -2.95. The van der Waals surface area contributed by atoms with Gasteiger partial charge >= 0.3 is 0 Å². The molecule has 0 aromatic heterocycles. The Bertz CT molecular complexity index is 242. The zero-order valence-electron chi connectivity index (χ0n) is 9.68. The minimum absolute atomic E-state index is 0.122. The number of hydrogen-bond acceptors (Lipinski definition) is 2. The van der Waals surface area contributed by atoms with Gasteiger partial charge in [0, 0.05) is 30.6 Å².